The molecule has 116 valence electrons. The lowest BCUT2D eigenvalue weighted by Crippen LogP contribution is -2.57. The third-order valence-electron chi connectivity index (χ3n) is 3.91. The van der Waals surface area contributed by atoms with E-state index in [0.29, 0.717) is 0 Å². The summed E-state index contributed by atoms with van der Waals surface area (Å²) in [6.45, 7) is 4.20. The Bertz CT molecular complexity index is 208. The van der Waals surface area contributed by atoms with Crippen LogP contribution in [0.2, 0.25) is 0 Å². The molecule has 0 heterocycles. The summed E-state index contributed by atoms with van der Waals surface area (Å²) in [6.07, 6.45) is 8.29. The summed E-state index contributed by atoms with van der Waals surface area (Å²) in [5.41, 5.74) is -0.615. The second-order valence-electron chi connectivity index (χ2n) is 5.12. The lowest BCUT2D eigenvalue weighted by atomic mass is 9.94. The van der Waals surface area contributed by atoms with Crippen molar-refractivity contribution in [2.24, 2.45) is 0 Å². The van der Waals surface area contributed by atoms with Gasteiger partial charge in [0.1, 0.15) is 5.60 Å². The van der Waals surface area contributed by atoms with E-state index < -0.39 is 11.6 Å². The Morgan fingerprint density at radius 3 is 1.58 bits per heavy atom. The molecule has 0 aliphatic rings. The van der Waals surface area contributed by atoms with Crippen LogP contribution in [0.1, 0.15) is 58.8 Å². The minimum Gasteiger partial charge on any atom is -0.370 e. The zero-order valence-electron chi connectivity index (χ0n) is 13.6. The molecule has 0 aliphatic heterocycles. The van der Waals surface area contributed by atoms with Crippen LogP contribution in [0.25, 0.3) is 0 Å². The van der Waals surface area contributed by atoms with Crippen LogP contribution in [-0.2, 0) is 18.9 Å². The highest BCUT2D eigenvalue weighted by Crippen LogP contribution is 2.35. The minimum absolute atomic E-state index is 0.615. The van der Waals surface area contributed by atoms with Crippen LogP contribution in [0, 0.1) is 0 Å². The van der Waals surface area contributed by atoms with Crippen LogP contribution in [0.4, 0.5) is 0 Å². The van der Waals surface area contributed by atoms with E-state index >= 15 is 0 Å². The summed E-state index contributed by atoms with van der Waals surface area (Å²) in [6, 6.07) is 0. The Hall–Kier alpha value is -0.160. The summed E-state index contributed by atoms with van der Waals surface area (Å²) in [5.74, 6) is -1.15. The number of hydrogen-bond acceptors (Lipinski definition) is 4. The second kappa shape index (κ2) is 9.70. The highest BCUT2D eigenvalue weighted by atomic mass is 16.9. The minimum atomic E-state index is -1.15. The number of unbranched alkanes of at least 4 members (excludes halogenated alkanes) is 5. The van der Waals surface area contributed by atoms with Gasteiger partial charge >= 0.3 is 5.97 Å². The zero-order chi connectivity index (χ0) is 14.8. The van der Waals surface area contributed by atoms with Crippen molar-refractivity contribution < 1.29 is 18.9 Å². The number of ether oxygens (including phenoxy) is 4. The maximum Gasteiger partial charge on any atom is 0.312 e. The summed E-state index contributed by atoms with van der Waals surface area (Å²) in [7, 11) is 6.39. The highest BCUT2D eigenvalue weighted by Gasteiger charge is 2.50. The largest absolute Gasteiger partial charge is 0.370 e. The molecule has 0 fully saturated rings. The van der Waals surface area contributed by atoms with Gasteiger partial charge in [0.05, 0.1) is 0 Å². The van der Waals surface area contributed by atoms with Crippen LogP contribution in [0.5, 0.6) is 0 Å². The van der Waals surface area contributed by atoms with Crippen molar-refractivity contribution in [2.75, 3.05) is 28.4 Å². The number of rotatable bonds is 12. The SMILES string of the molecule is CCCCCCCCC(C)(OC)C(OC)(OC)OC. The second-order valence-corrected chi connectivity index (χ2v) is 5.12. The first-order valence-corrected chi connectivity index (χ1v) is 7.26. The van der Waals surface area contributed by atoms with Gasteiger partial charge in [-0.25, -0.2) is 0 Å². The highest BCUT2D eigenvalue weighted by molar-refractivity contribution is 4.86. The van der Waals surface area contributed by atoms with E-state index in [1.54, 1.807) is 28.4 Å². The maximum atomic E-state index is 5.63. The molecule has 0 aliphatic carbocycles. The van der Waals surface area contributed by atoms with Crippen LogP contribution in [0.15, 0.2) is 0 Å². The Morgan fingerprint density at radius 2 is 1.16 bits per heavy atom. The standard InChI is InChI=1S/C15H32O4/c1-7-8-9-10-11-12-13-14(2,16-3)15(17-4,18-5)19-6/h7-13H2,1-6H3. The predicted molar refractivity (Wildman–Crippen MR) is 77.2 cm³/mol. The van der Waals surface area contributed by atoms with Gasteiger partial charge in [-0.05, 0) is 13.3 Å². The predicted octanol–water partition coefficient (Wildman–Crippen LogP) is 3.74. The number of methoxy groups -OCH3 is 4. The van der Waals surface area contributed by atoms with Crippen molar-refractivity contribution in [1.29, 1.82) is 0 Å². The van der Waals surface area contributed by atoms with Crippen molar-refractivity contribution in [3.05, 3.63) is 0 Å². The molecule has 0 spiro atoms. The Balaban J connectivity index is 4.35. The molecule has 4 nitrogen and oxygen atoms in total. The van der Waals surface area contributed by atoms with E-state index in [1.165, 1.54) is 32.1 Å². The molecular formula is C15H32O4. The van der Waals surface area contributed by atoms with Crippen molar-refractivity contribution in [1.82, 2.24) is 0 Å². The van der Waals surface area contributed by atoms with Gasteiger partial charge in [-0.1, -0.05) is 45.4 Å². The molecule has 0 aromatic rings. The molecule has 0 radical (unpaired) electrons. The monoisotopic (exact) mass is 276 g/mol. The average molecular weight is 276 g/mol. The molecular weight excluding hydrogens is 244 g/mol. The first-order chi connectivity index (χ1) is 9.05. The quantitative estimate of drug-likeness (QED) is 0.402. The van der Waals surface area contributed by atoms with E-state index in [-0.39, 0.29) is 0 Å². The molecule has 0 aromatic heterocycles. The van der Waals surface area contributed by atoms with Crippen molar-refractivity contribution >= 4 is 0 Å². The van der Waals surface area contributed by atoms with Gasteiger partial charge in [-0.3, -0.25) is 0 Å². The van der Waals surface area contributed by atoms with Crippen molar-refractivity contribution in [3.63, 3.8) is 0 Å². The topological polar surface area (TPSA) is 36.9 Å². The smallest absolute Gasteiger partial charge is 0.312 e. The summed E-state index contributed by atoms with van der Waals surface area (Å²) < 4.78 is 21.9. The van der Waals surface area contributed by atoms with E-state index in [0.717, 1.165) is 12.8 Å². The first-order valence-electron chi connectivity index (χ1n) is 7.26. The maximum absolute atomic E-state index is 5.63. The van der Waals surface area contributed by atoms with Crippen LogP contribution in [-0.4, -0.2) is 40.0 Å². The lowest BCUT2D eigenvalue weighted by Gasteiger charge is -2.43. The molecule has 0 N–H and O–H groups in total. The zero-order valence-corrected chi connectivity index (χ0v) is 13.6. The van der Waals surface area contributed by atoms with E-state index in [4.69, 9.17) is 18.9 Å². The molecule has 0 aromatic carbocycles. The molecule has 0 amide bonds. The van der Waals surface area contributed by atoms with Crippen molar-refractivity contribution in [3.8, 4) is 0 Å². The van der Waals surface area contributed by atoms with Gasteiger partial charge in [0.15, 0.2) is 0 Å². The van der Waals surface area contributed by atoms with Crippen molar-refractivity contribution in [2.45, 2.75) is 70.4 Å². The Labute approximate surface area is 118 Å². The van der Waals surface area contributed by atoms with E-state index in [2.05, 4.69) is 6.92 Å². The van der Waals surface area contributed by atoms with Crippen LogP contribution in [0.3, 0.4) is 0 Å². The summed E-state index contributed by atoms with van der Waals surface area (Å²) in [4.78, 5) is 0. The van der Waals surface area contributed by atoms with E-state index in [9.17, 15) is 0 Å². The molecule has 0 saturated carbocycles. The first kappa shape index (κ1) is 18.8. The molecule has 4 heteroatoms. The summed E-state index contributed by atoms with van der Waals surface area (Å²) in [5, 5.41) is 0. The lowest BCUT2D eigenvalue weighted by molar-refractivity contribution is -0.420. The van der Waals surface area contributed by atoms with Gasteiger partial charge in [0.25, 0.3) is 0 Å². The van der Waals surface area contributed by atoms with Gasteiger partial charge in [0.2, 0.25) is 0 Å². The van der Waals surface area contributed by atoms with Gasteiger partial charge in [0, 0.05) is 28.4 Å². The fraction of sp³-hybridized carbons (Fsp3) is 1.00. The summed E-state index contributed by atoms with van der Waals surface area (Å²) >= 11 is 0. The normalized spacial score (nSPS) is 15.5. The third kappa shape index (κ3) is 5.03. The third-order valence-corrected chi connectivity index (χ3v) is 3.91. The molecule has 19 heavy (non-hydrogen) atoms. The molecule has 0 bridgehead atoms. The molecule has 0 rings (SSSR count). The Morgan fingerprint density at radius 1 is 0.684 bits per heavy atom. The van der Waals surface area contributed by atoms with E-state index in [1.807, 2.05) is 6.92 Å². The molecule has 1 unspecified atom stereocenters. The van der Waals surface area contributed by atoms with Crippen LogP contribution < -0.4 is 0 Å². The molecule has 0 saturated heterocycles. The fourth-order valence-corrected chi connectivity index (χ4v) is 2.52. The van der Waals surface area contributed by atoms with Gasteiger partial charge in [-0.15, -0.1) is 0 Å². The Kier molecular flexibility index (Phi) is 9.62. The van der Waals surface area contributed by atoms with Gasteiger partial charge in [-0.2, -0.15) is 0 Å². The fourth-order valence-electron chi connectivity index (χ4n) is 2.52. The van der Waals surface area contributed by atoms with Crippen LogP contribution >= 0.6 is 0 Å². The number of hydrogen-bond donors (Lipinski definition) is 0. The van der Waals surface area contributed by atoms with Gasteiger partial charge < -0.3 is 18.9 Å². The molecule has 1 atom stereocenters. The average Bonchev–Trinajstić information content (AvgIpc) is 2.45.